The maximum absolute atomic E-state index is 13.0. The lowest BCUT2D eigenvalue weighted by Gasteiger charge is -2.42. The van der Waals surface area contributed by atoms with Crippen molar-refractivity contribution >= 4 is 28.9 Å². The van der Waals surface area contributed by atoms with Gasteiger partial charge in [0.25, 0.3) is 0 Å². The number of benzene rings is 1. The summed E-state index contributed by atoms with van der Waals surface area (Å²) in [5.74, 6) is 0.821. The van der Waals surface area contributed by atoms with Crippen molar-refractivity contribution in [3.05, 3.63) is 77.6 Å². The second-order valence-electron chi connectivity index (χ2n) is 8.97. The zero-order chi connectivity index (χ0) is 23.0. The minimum Gasteiger partial charge on any atom is -0.386 e. The molecule has 7 heteroatoms. The zero-order valence-corrected chi connectivity index (χ0v) is 19.5. The van der Waals surface area contributed by atoms with Crippen LogP contribution in [-0.2, 0) is 9.67 Å². The predicted molar refractivity (Wildman–Crippen MR) is 131 cm³/mol. The van der Waals surface area contributed by atoms with E-state index in [1.807, 2.05) is 61.5 Å². The first-order valence-electron chi connectivity index (χ1n) is 11.6. The second-order valence-corrected chi connectivity index (χ2v) is 9.57. The number of carbonyl (C=O) groups excluding carboxylic acids is 1. The van der Waals surface area contributed by atoms with Crippen LogP contribution in [0.5, 0.6) is 0 Å². The van der Waals surface area contributed by atoms with Crippen LogP contribution in [0.25, 0.3) is 5.57 Å². The van der Waals surface area contributed by atoms with Crippen LogP contribution in [-0.4, -0.2) is 59.7 Å². The van der Waals surface area contributed by atoms with Gasteiger partial charge in [0.15, 0.2) is 0 Å². The summed E-state index contributed by atoms with van der Waals surface area (Å²) in [5.41, 5.74) is 3.00. The molecule has 0 bridgehead atoms. The largest absolute Gasteiger partial charge is 0.386 e. The van der Waals surface area contributed by atoms with Gasteiger partial charge in [0.2, 0.25) is 5.91 Å². The molecule has 0 spiro atoms. The number of aliphatic hydroxyl groups is 1. The molecule has 1 aromatic carbocycles. The van der Waals surface area contributed by atoms with Gasteiger partial charge in [-0.05, 0) is 41.3 Å². The standard InChI is InChI=1S/C26H29ClN4O2/c1-18-10-14-31(25(18)33)22-8-7-21(19-5-3-2-4-6-19)24(32)26(22,27)20-9-11-29-23(17-20)30-15-12-28-13-16-30/h2-9,11,17-18,24,28,32H,10,12-16H2,1H3. The molecule has 2 aliphatic heterocycles. The highest BCUT2D eigenvalue weighted by molar-refractivity contribution is 6.28. The lowest BCUT2D eigenvalue weighted by molar-refractivity contribution is -0.129. The second kappa shape index (κ2) is 8.93. The Labute approximate surface area is 199 Å². The number of aromatic nitrogens is 1. The first-order chi connectivity index (χ1) is 16.0. The van der Waals surface area contributed by atoms with E-state index in [-0.39, 0.29) is 11.8 Å². The molecule has 1 amide bonds. The molecule has 3 heterocycles. The van der Waals surface area contributed by atoms with Crippen LogP contribution in [0.2, 0.25) is 0 Å². The summed E-state index contributed by atoms with van der Waals surface area (Å²) < 4.78 is 0. The SMILES string of the molecule is CC1CCN(C2=CC=C(c3ccccc3)C(O)C2(Cl)c2ccnc(N3CCNCC3)c2)C1=O. The zero-order valence-electron chi connectivity index (χ0n) is 18.7. The normalized spacial score (nSPS) is 28.0. The van der Waals surface area contributed by atoms with E-state index in [9.17, 15) is 9.90 Å². The van der Waals surface area contributed by atoms with Gasteiger partial charge in [-0.15, -0.1) is 11.6 Å². The van der Waals surface area contributed by atoms with Gasteiger partial charge in [0.1, 0.15) is 16.8 Å². The Morgan fingerprint density at radius 2 is 1.88 bits per heavy atom. The van der Waals surface area contributed by atoms with E-state index in [0.717, 1.165) is 55.1 Å². The van der Waals surface area contributed by atoms with Crippen molar-refractivity contribution in [3.8, 4) is 0 Å². The fourth-order valence-electron chi connectivity index (χ4n) is 4.99. The molecule has 1 aliphatic carbocycles. The Morgan fingerprint density at radius 3 is 2.58 bits per heavy atom. The number of pyridine rings is 1. The van der Waals surface area contributed by atoms with Crippen LogP contribution in [0, 0.1) is 5.92 Å². The number of nitrogens with zero attached hydrogens (tertiary/aromatic N) is 3. The number of alkyl halides is 1. The highest BCUT2D eigenvalue weighted by atomic mass is 35.5. The van der Waals surface area contributed by atoms with Crippen LogP contribution in [0.3, 0.4) is 0 Å². The molecule has 2 N–H and O–H groups in total. The highest BCUT2D eigenvalue weighted by Crippen LogP contribution is 2.49. The van der Waals surface area contributed by atoms with E-state index in [0.29, 0.717) is 12.2 Å². The van der Waals surface area contributed by atoms with Crippen molar-refractivity contribution in [3.63, 3.8) is 0 Å². The summed E-state index contributed by atoms with van der Waals surface area (Å²) in [6, 6.07) is 13.6. The molecular weight excluding hydrogens is 436 g/mol. The van der Waals surface area contributed by atoms with E-state index in [1.54, 1.807) is 11.1 Å². The summed E-state index contributed by atoms with van der Waals surface area (Å²) in [7, 11) is 0. The maximum Gasteiger partial charge on any atom is 0.229 e. The Balaban J connectivity index is 1.61. The summed E-state index contributed by atoms with van der Waals surface area (Å²) in [6.07, 6.45) is 5.28. The number of likely N-dealkylation sites (tertiary alicyclic amines) is 1. The van der Waals surface area contributed by atoms with Crippen molar-refractivity contribution < 1.29 is 9.90 Å². The van der Waals surface area contributed by atoms with Crippen molar-refractivity contribution in [1.82, 2.24) is 15.2 Å². The van der Waals surface area contributed by atoms with E-state index < -0.39 is 11.0 Å². The molecule has 33 heavy (non-hydrogen) atoms. The predicted octanol–water partition coefficient (Wildman–Crippen LogP) is 3.14. The highest BCUT2D eigenvalue weighted by Gasteiger charge is 2.50. The molecule has 2 saturated heterocycles. The molecule has 5 rings (SSSR count). The third-order valence-corrected chi connectivity index (χ3v) is 7.56. The number of amides is 1. The number of rotatable bonds is 4. The third kappa shape index (κ3) is 3.86. The van der Waals surface area contributed by atoms with Crippen molar-refractivity contribution in [2.24, 2.45) is 5.92 Å². The molecule has 2 fully saturated rings. The van der Waals surface area contributed by atoms with Gasteiger partial charge in [0.05, 0.1) is 0 Å². The van der Waals surface area contributed by atoms with E-state index >= 15 is 0 Å². The summed E-state index contributed by atoms with van der Waals surface area (Å²) in [6.45, 7) is 6.04. The Kier molecular flexibility index (Phi) is 5.99. The summed E-state index contributed by atoms with van der Waals surface area (Å²) >= 11 is 7.45. The van der Waals surface area contributed by atoms with Gasteiger partial charge in [0, 0.05) is 50.5 Å². The first-order valence-corrected chi connectivity index (χ1v) is 12.0. The molecule has 172 valence electrons. The number of halogens is 1. The van der Waals surface area contributed by atoms with Crippen LogP contribution in [0.4, 0.5) is 5.82 Å². The van der Waals surface area contributed by atoms with Crippen LogP contribution < -0.4 is 10.2 Å². The lowest BCUT2D eigenvalue weighted by Crippen LogP contribution is -2.46. The summed E-state index contributed by atoms with van der Waals surface area (Å²) in [5, 5.41) is 15.1. The van der Waals surface area contributed by atoms with Crippen molar-refractivity contribution in [1.29, 1.82) is 0 Å². The minimum atomic E-state index is -1.31. The Morgan fingerprint density at radius 1 is 1.12 bits per heavy atom. The fourth-order valence-corrected chi connectivity index (χ4v) is 5.39. The summed E-state index contributed by atoms with van der Waals surface area (Å²) in [4.78, 5) is 20.2. The van der Waals surface area contributed by atoms with E-state index in [2.05, 4.69) is 15.2 Å². The van der Waals surface area contributed by atoms with Gasteiger partial charge in [-0.25, -0.2) is 4.98 Å². The monoisotopic (exact) mass is 464 g/mol. The molecule has 3 aliphatic rings. The van der Waals surface area contributed by atoms with Gasteiger partial charge < -0.3 is 20.2 Å². The first kappa shape index (κ1) is 22.1. The van der Waals surface area contributed by atoms with Gasteiger partial charge in [-0.2, -0.15) is 0 Å². The lowest BCUT2D eigenvalue weighted by atomic mass is 9.79. The number of nitrogens with one attached hydrogen (secondary N) is 1. The number of hydrogen-bond acceptors (Lipinski definition) is 5. The van der Waals surface area contributed by atoms with Gasteiger partial charge in [-0.1, -0.05) is 43.3 Å². The minimum absolute atomic E-state index is 0.0476. The topological polar surface area (TPSA) is 68.7 Å². The average molecular weight is 465 g/mol. The van der Waals surface area contributed by atoms with Gasteiger partial charge in [-0.3, -0.25) is 4.79 Å². The number of hydrogen-bond donors (Lipinski definition) is 2. The number of allylic oxidation sites excluding steroid dienone is 2. The number of carbonyl (C=O) groups is 1. The number of aliphatic hydroxyl groups excluding tert-OH is 1. The molecule has 0 saturated carbocycles. The molecule has 3 atom stereocenters. The Bertz CT molecular complexity index is 1100. The van der Waals surface area contributed by atoms with Crippen LogP contribution in [0.1, 0.15) is 24.5 Å². The molecular formula is C26H29ClN4O2. The van der Waals surface area contributed by atoms with E-state index in [1.165, 1.54) is 0 Å². The number of piperazine rings is 1. The molecule has 1 aromatic heterocycles. The van der Waals surface area contributed by atoms with Crippen LogP contribution in [0.15, 0.2) is 66.5 Å². The average Bonchev–Trinajstić information content (AvgIpc) is 3.19. The van der Waals surface area contributed by atoms with Gasteiger partial charge >= 0.3 is 0 Å². The third-order valence-electron chi connectivity index (χ3n) is 6.94. The maximum atomic E-state index is 13.0. The smallest absolute Gasteiger partial charge is 0.229 e. The van der Waals surface area contributed by atoms with Crippen molar-refractivity contribution in [2.75, 3.05) is 37.6 Å². The molecule has 2 aromatic rings. The number of anilines is 1. The molecule has 3 unspecified atom stereocenters. The Hall–Kier alpha value is -2.67. The van der Waals surface area contributed by atoms with Crippen molar-refractivity contribution in [2.45, 2.75) is 24.3 Å². The molecule has 6 nitrogen and oxygen atoms in total. The van der Waals surface area contributed by atoms with E-state index in [4.69, 9.17) is 11.6 Å². The quantitative estimate of drug-likeness (QED) is 0.680. The fraction of sp³-hybridized carbons (Fsp3) is 0.385. The molecule has 0 radical (unpaired) electrons. The van der Waals surface area contributed by atoms with Crippen LogP contribution >= 0.6 is 11.6 Å².